The number of carbonyl (C=O) groups excluding carboxylic acids is 1. The molecule has 1 heterocycles. The number of rotatable bonds is 5. The number of halogens is 1. The molecule has 1 atom stereocenters. The zero-order valence-electron chi connectivity index (χ0n) is 13.5. The Labute approximate surface area is 150 Å². The van der Waals surface area contributed by atoms with Gasteiger partial charge >= 0.3 is 0 Å². The number of benzene rings is 2. The minimum atomic E-state index is -0.0196. The normalized spacial score (nSPS) is 12.3. The standard InChI is InChI=1S/C18H18ClN3OS/c1-11-5-3-4-6-14(11)12(2)20-17(23)10-24-18-21-15-8-7-13(19)9-16(15)22-18/h3-9,12H,10H2,1-2H3,(H,20,23)(H,21,22)/t12-/m0/s1. The molecule has 0 spiro atoms. The van der Waals surface area contributed by atoms with Crippen LogP contribution >= 0.6 is 23.4 Å². The van der Waals surface area contributed by atoms with Crippen molar-refractivity contribution in [3.63, 3.8) is 0 Å². The molecular formula is C18H18ClN3OS. The van der Waals surface area contributed by atoms with E-state index in [1.807, 2.05) is 50.2 Å². The molecule has 1 aromatic heterocycles. The van der Waals surface area contributed by atoms with Crippen LogP contribution in [-0.4, -0.2) is 21.6 Å². The number of aryl methyl sites for hydroxylation is 1. The van der Waals surface area contributed by atoms with Crippen LogP contribution < -0.4 is 5.32 Å². The lowest BCUT2D eigenvalue weighted by Gasteiger charge is -2.16. The first kappa shape index (κ1) is 16.9. The topological polar surface area (TPSA) is 57.8 Å². The molecule has 0 saturated carbocycles. The highest BCUT2D eigenvalue weighted by molar-refractivity contribution is 7.99. The quantitative estimate of drug-likeness (QED) is 0.660. The summed E-state index contributed by atoms with van der Waals surface area (Å²) in [6.45, 7) is 4.04. The molecular weight excluding hydrogens is 342 g/mol. The van der Waals surface area contributed by atoms with Gasteiger partial charge in [0.05, 0.1) is 22.8 Å². The molecule has 0 radical (unpaired) electrons. The second-order valence-corrected chi connectivity index (χ2v) is 7.04. The number of imidazole rings is 1. The van der Waals surface area contributed by atoms with E-state index in [9.17, 15) is 4.79 Å². The van der Waals surface area contributed by atoms with Crippen LogP contribution in [0.3, 0.4) is 0 Å². The van der Waals surface area contributed by atoms with Crippen LogP contribution in [0, 0.1) is 6.92 Å². The Morgan fingerprint density at radius 1 is 1.33 bits per heavy atom. The van der Waals surface area contributed by atoms with E-state index in [0.29, 0.717) is 15.9 Å². The number of nitrogens with zero attached hydrogens (tertiary/aromatic N) is 1. The minimum Gasteiger partial charge on any atom is -0.349 e. The Kier molecular flexibility index (Phi) is 5.11. The fraction of sp³-hybridized carbons (Fsp3) is 0.222. The SMILES string of the molecule is Cc1ccccc1[C@H](C)NC(=O)CSc1nc2ccc(Cl)cc2[nH]1. The summed E-state index contributed by atoms with van der Waals surface area (Å²) in [5, 5.41) is 4.40. The number of carbonyl (C=O) groups is 1. The van der Waals surface area contributed by atoms with Crippen LogP contribution in [0.25, 0.3) is 11.0 Å². The molecule has 3 rings (SSSR count). The van der Waals surface area contributed by atoms with Crippen LogP contribution in [0.4, 0.5) is 0 Å². The van der Waals surface area contributed by atoms with Crippen LogP contribution in [0.5, 0.6) is 0 Å². The minimum absolute atomic E-state index is 0.0192. The van der Waals surface area contributed by atoms with Crippen molar-refractivity contribution >= 4 is 40.3 Å². The van der Waals surface area contributed by atoms with Crippen LogP contribution in [0.1, 0.15) is 24.1 Å². The molecule has 2 N–H and O–H groups in total. The van der Waals surface area contributed by atoms with Gasteiger partial charge in [-0.05, 0) is 43.2 Å². The molecule has 0 aliphatic rings. The van der Waals surface area contributed by atoms with E-state index in [2.05, 4.69) is 15.3 Å². The lowest BCUT2D eigenvalue weighted by Crippen LogP contribution is -2.28. The number of fused-ring (bicyclic) bond motifs is 1. The van der Waals surface area contributed by atoms with Gasteiger partial charge in [-0.2, -0.15) is 0 Å². The maximum Gasteiger partial charge on any atom is 0.230 e. The van der Waals surface area contributed by atoms with Crippen molar-refractivity contribution in [3.8, 4) is 0 Å². The van der Waals surface area contributed by atoms with Gasteiger partial charge in [-0.25, -0.2) is 4.98 Å². The molecule has 2 aromatic carbocycles. The summed E-state index contributed by atoms with van der Waals surface area (Å²) in [7, 11) is 0. The highest BCUT2D eigenvalue weighted by atomic mass is 35.5. The third-order valence-electron chi connectivity index (χ3n) is 3.79. The predicted molar refractivity (Wildman–Crippen MR) is 99.6 cm³/mol. The average molecular weight is 360 g/mol. The number of amides is 1. The van der Waals surface area contributed by atoms with Gasteiger partial charge in [0.1, 0.15) is 0 Å². The molecule has 0 fully saturated rings. The Hall–Kier alpha value is -1.98. The monoisotopic (exact) mass is 359 g/mol. The first-order chi connectivity index (χ1) is 11.5. The number of hydrogen-bond donors (Lipinski definition) is 2. The summed E-state index contributed by atoms with van der Waals surface area (Å²) in [4.78, 5) is 19.8. The van der Waals surface area contributed by atoms with Crippen LogP contribution in [-0.2, 0) is 4.79 Å². The zero-order valence-corrected chi connectivity index (χ0v) is 15.0. The summed E-state index contributed by atoms with van der Waals surface area (Å²) in [6, 6.07) is 13.5. The zero-order chi connectivity index (χ0) is 17.1. The fourth-order valence-corrected chi connectivity index (χ4v) is 3.46. The van der Waals surface area contributed by atoms with Crippen LogP contribution in [0.15, 0.2) is 47.6 Å². The van der Waals surface area contributed by atoms with Gasteiger partial charge in [-0.3, -0.25) is 4.79 Å². The molecule has 4 nitrogen and oxygen atoms in total. The Morgan fingerprint density at radius 2 is 2.12 bits per heavy atom. The third-order valence-corrected chi connectivity index (χ3v) is 4.90. The van der Waals surface area contributed by atoms with Crippen molar-refractivity contribution in [1.82, 2.24) is 15.3 Å². The highest BCUT2D eigenvalue weighted by Crippen LogP contribution is 2.22. The molecule has 1 amide bonds. The smallest absolute Gasteiger partial charge is 0.230 e. The molecule has 0 unspecified atom stereocenters. The molecule has 0 aliphatic carbocycles. The molecule has 3 aromatic rings. The van der Waals surface area contributed by atoms with Crippen molar-refractivity contribution in [2.75, 3.05) is 5.75 Å². The van der Waals surface area contributed by atoms with E-state index in [1.165, 1.54) is 17.3 Å². The number of thioether (sulfide) groups is 1. The van der Waals surface area contributed by atoms with Crippen molar-refractivity contribution in [3.05, 3.63) is 58.6 Å². The second-order valence-electron chi connectivity index (χ2n) is 5.64. The molecule has 0 bridgehead atoms. The lowest BCUT2D eigenvalue weighted by molar-refractivity contribution is -0.119. The van der Waals surface area contributed by atoms with Gasteiger partial charge in [-0.15, -0.1) is 0 Å². The van der Waals surface area contributed by atoms with Crippen molar-refractivity contribution in [2.24, 2.45) is 0 Å². The van der Waals surface area contributed by atoms with E-state index < -0.39 is 0 Å². The van der Waals surface area contributed by atoms with Crippen molar-refractivity contribution < 1.29 is 4.79 Å². The van der Waals surface area contributed by atoms with Gasteiger partial charge in [0, 0.05) is 5.02 Å². The average Bonchev–Trinajstić information content (AvgIpc) is 2.95. The van der Waals surface area contributed by atoms with E-state index >= 15 is 0 Å². The summed E-state index contributed by atoms with van der Waals surface area (Å²) in [5.74, 6) is 0.290. The maximum absolute atomic E-state index is 12.2. The largest absolute Gasteiger partial charge is 0.349 e. The maximum atomic E-state index is 12.2. The van der Waals surface area contributed by atoms with E-state index in [-0.39, 0.29) is 11.9 Å². The molecule has 0 aliphatic heterocycles. The number of aromatic amines is 1. The first-order valence-electron chi connectivity index (χ1n) is 7.66. The molecule has 6 heteroatoms. The van der Waals surface area contributed by atoms with Gasteiger partial charge in [0.2, 0.25) is 5.91 Å². The summed E-state index contributed by atoms with van der Waals surface area (Å²) >= 11 is 7.34. The Bertz CT molecular complexity index is 878. The van der Waals surface area contributed by atoms with Crippen LogP contribution in [0.2, 0.25) is 5.02 Å². The molecule has 0 saturated heterocycles. The van der Waals surface area contributed by atoms with Crippen molar-refractivity contribution in [2.45, 2.75) is 25.0 Å². The van der Waals surface area contributed by atoms with E-state index in [0.717, 1.165) is 16.6 Å². The predicted octanol–water partition coefficient (Wildman–Crippen LogP) is 4.49. The van der Waals surface area contributed by atoms with E-state index in [1.54, 1.807) is 6.07 Å². The number of H-pyrrole nitrogens is 1. The van der Waals surface area contributed by atoms with Gasteiger partial charge < -0.3 is 10.3 Å². The number of hydrogen-bond acceptors (Lipinski definition) is 3. The summed E-state index contributed by atoms with van der Waals surface area (Å²) in [5.41, 5.74) is 4.02. The number of nitrogens with one attached hydrogen (secondary N) is 2. The lowest BCUT2D eigenvalue weighted by atomic mass is 10.0. The Balaban J connectivity index is 1.59. The summed E-state index contributed by atoms with van der Waals surface area (Å²) in [6.07, 6.45) is 0. The first-order valence-corrected chi connectivity index (χ1v) is 9.02. The van der Waals surface area contributed by atoms with Crippen molar-refractivity contribution in [1.29, 1.82) is 0 Å². The highest BCUT2D eigenvalue weighted by Gasteiger charge is 2.12. The fourth-order valence-electron chi connectivity index (χ4n) is 2.59. The molecule has 124 valence electrons. The second kappa shape index (κ2) is 7.28. The van der Waals surface area contributed by atoms with Gasteiger partial charge in [0.15, 0.2) is 5.16 Å². The Morgan fingerprint density at radius 3 is 2.92 bits per heavy atom. The number of aromatic nitrogens is 2. The van der Waals surface area contributed by atoms with Gasteiger partial charge in [0.25, 0.3) is 0 Å². The van der Waals surface area contributed by atoms with E-state index in [4.69, 9.17) is 11.6 Å². The molecule has 24 heavy (non-hydrogen) atoms. The summed E-state index contributed by atoms with van der Waals surface area (Å²) < 4.78 is 0. The third kappa shape index (κ3) is 3.91. The van der Waals surface area contributed by atoms with Gasteiger partial charge in [-0.1, -0.05) is 47.6 Å².